The lowest BCUT2D eigenvalue weighted by Gasteiger charge is -2.23. The van der Waals surface area contributed by atoms with Crippen LogP contribution in [0.25, 0.3) is 0 Å². The van der Waals surface area contributed by atoms with E-state index in [0.717, 1.165) is 5.56 Å². The van der Waals surface area contributed by atoms with Gasteiger partial charge in [-0.15, -0.1) is 0 Å². The zero-order valence-electron chi connectivity index (χ0n) is 19.2. The van der Waals surface area contributed by atoms with Crippen molar-refractivity contribution in [2.45, 2.75) is 25.9 Å². The molecule has 0 bridgehead atoms. The van der Waals surface area contributed by atoms with E-state index in [1.54, 1.807) is 48.5 Å². The van der Waals surface area contributed by atoms with Gasteiger partial charge in [0.25, 0.3) is 0 Å². The first-order valence-corrected chi connectivity index (χ1v) is 10.6. The molecule has 7 nitrogen and oxygen atoms in total. The summed E-state index contributed by atoms with van der Waals surface area (Å²) >= 11 is 0. The Morgan fingerprint density at radius 3 is 2.21 bits per heavy atom. The molecule has 0 saturated heterocycles. The smallest absolute Gasteiger partial charge is 0.347 e. The minimum atomic E-state index is -1.53. The molecule has 0 atom stereocenters. The Bertz CT molecular complexity index is 1210. The molecule has 0 radical (unpaired) electrons. The number of nitrogens with zero attached hydrogens (tertiary/aromatic N) is 1. The quantitative estimate of drug-likeness (QED) is 0.440. The van der Waals surface area contributed by atoms with Gasteiger partial charge < -0.3 is 19.3 Å². The molecule has 3 rings (SSSR count). The van der Waals surface area contributed by atoms with Crippen LogP contribution in [0.5, 0.6) is 17.2 Å². The lowest BCUT2D eigenvalue weighted by Crippen LogP contribution is -2.38. The largest absolute Gasteiger partial charge is 0.497 e. The Balaban J connectivity index is 1.71. The van der Waals surface area contributed by atoms with Crippen molar-refractivity contribution in [3.05, 3.63) is 89.0 Å². The van der Waals surface area contributed by atoms with Crippen LogP contribution < -0.4 is 14.2 Å². The van der Waals surface area contributed by atoms with Gasteiger partial charge in [0.1, 0.15) is 17.2 Å². The fourth-order valence-electron chi connectivity index (χ4n) is 3.11. The molecule has 174 valence electrons. The Labute approximate surface area is 198 Å². The highest BCUT2D eigenvalue weighted by molar-refractivity contribution is 6.11. The predicted octanol–water partition coefficient (Wildman–Crippen LogP) is 4.66. The molecule has 0 saturated carbocycles. The van der Waals surface area contributed by atoms with E-state index in [1.165, 1.54) is 27.0 Å². The molecule has 7 heteroatoms. The Hall–Kier alpha value is -4.31. The first-order valence-electron chi connectivity index (χ1n) is 10.6. The first-order chi connectivity index (χ1) is 16.2. The monoisotopic (exact) mass is 459 g/mol. The molecule has 0 heterocycles. The number of carbonyl (C=O) groups is 2. The van der Waals surface area contributed by atoms with Crippen LogP contribution in [-0.2, 0) is 11.2 Å². The van der Waals surface area contributed by atoms with Crippen molar-refractivity contribution in [2.75, 3.05) is 13.7 Å². The maximum atomic E-state index is 13.2. The van der Waals surface area contributed by atoms with Crippen molar-refractivity contribution in [3.63, 3.8) is 0 Å². The van der Waals surface area contributed by atoms with Crippen LogP contribution in [-0.4, -0.2) is 36.2 Å². The number of hydrogen-bond donors (Lipinski definition) is 1. The number of carboxylic acids is 1. The Morgan fingerprint density at radius 2 is 1.62 bits per heavy atom. The van der Waals surface area contributed by atoms with Gasteiger partial charge in [0, 0.05) is 18.1 Å². The van der Waals surface area contributed by atoms with Crippen LogP contribution in [0.15, 0.2) is 66.7 Å². The molecule has 1 N–H and O–H groups in total. The second-order valence-corrected chi connectivity index (χ2v) is 8.04. The molecule has 0 aliphatic carbocycles. The molecule has 0 fully saturated rings. The van der Waals surface area contributed by atoms with E-state index in [4.69, 9.17) is 19.5 Å². The summed E-state index contributed by atoms with van der Waals surface area (Å²) in [4.78, 5) is 24.7. The summed E-state index contributed by atoms with van der Waals surface area (Å²) in [5.74, 6) is -0.291. The normalized spacial score (nSPS) is 10.8. The van der Waals surface area contributed by atoms with Gasteiger partial charge >= 0.3 is 5.97 Å². The van der Waals surface area contributed by atoms with Crippen LogP contribution >= 0.6 is 0 Å². The number of aliphatic carboxylic acids is 1. The molecule has 0 aromatic heterocycles. The fraction of sp³-hybridized carbons (Fsp3) is 0.222. The zero-order chi connectivity index (χ0) is 24.7. The topological polar surface area (TPSA) is 106 Å². The van der Waals surface area contributed by atoms with Crippen LogP contribution in [0.4, 0.5) is 0 Å². The van der Waals surface area contributed by atoms with Crippen molar-refractivity contribution in [2.24, 2.45) is 0 Å². The van der Waals surface area contributed by atoms with E-state index in [1.807, 2.05) is 12.1 Å². The Kier molecular flexibility index (Phi) is 7.54. The van der Waals surface area contributed by atoms with Gasteiger partial charge in [0.2, 0.25) is 0 Å². The summed E-state index contributed by atoms with van der Waals surface area (Å²) in [6.45, 7) is 3.26. The van der Waals surface area contributed by atoms with E-state index in [-0.39, 0.29) is 17.1 Å². The van der Waals surface area contributed by atoms with Gasteiger partial charge in [-0.2, -0.15) is 5.26 Å². The van der Waals surface area contributed by atoms with Crippen LogP contribution in [0.3, 0.4) is 0 Å². The molecule has 0 amide bonds. The molecular formula is C27H25NO6. The van der Waals surface area contributed by atoms with E-state index in [9.17, 15) is 14.7 Å². The predicted molar refractivity (Wildman–Crippen MR) is 126 cm³/mol. The Morgan fingerprint density at radius 1 is 0.971 bits per heavy atom. The SMILES string of the molecule is COc1ccc(C(=O)c2ccc(OCCc3ccc(C#N)cc3)cc2)c(OC(C)(C)C(=O)O)c1. The third-order valence-corrected chi connectivity index (χ3v) is 5.17. The average molecular weight is 459 g/mol. The molecular weight excluding hydrogens is 434 g/mol. The fourth-order valence-corrected chi connectivity index (χ4v) is 3.11. The summed E-state index contributed by atoms with van der Waals surface area (Å²) in [5.41, 5.74) is 0.768. The lowest BCUT2D eigenvalue weighted by atomic mass is 10.0. The molecule has 3 aromatic rings. The molecule has 0 unspecified atom stereocenters. The van der Waals surface area contributed by atoms with Crippen molar-refractivity contribution in [1.29, 1.82) is 5.26 Å². The maximum Gasteiger partial charge on any atom is 0.347 e. The van der Waals surface area contributed by atoms with Crippen LogP contribution in [0.1, 0.15) is 40.9 Å². The number of carbonyl (C=O) groups excluding carboxylic acids is 1. The van der Waals surface area contributed by atoms with Crippen LogP contribution in [0, 0.1) is 11.3 Å². The number of ketones is 1. The van der Waals surface area contributed by atoms with Gasteiger partial charge in [-0.1, -0.05) is 12.1 Å². The lowest BCUT2D eigenvalue weighted by molar-refractivity contribution is -0.152. The van der Waals surface area contributed by atoms with Crippen molar-refractivity contribution in [3.8, 4) is 23.3 Å². The van der Waals surface area contributed by atoms with E-state index in [0.29, 0.717) is 35.7 Å². The summed E-state index contributed by atoms with van der Waals surface area (Å²) in [6, 6.07) is 20.8. The summed E-state index contributed by atoms with van der Waals surface area (Å²) in [6.07, 6.45) is 0.679. The van der Waals surface area contributed by atoms with Crippen molar-refractivity contribution < 1.29 is 28.9 Å². The average Bonchev–Trinajstić information content (AvgIpc) is 2.84. The van der Waals surface area contributed by atoms with E-state index >= 15 is 0 Å². The number of carboxylic acid groups (broad SMARTS) is 1. The van der Waals surface area contributed by atoms with Crippen molar-refractivity contribution in [1.82, 2.24) is 0 Å². The highest BCUT2D eigenvalue weighted by atomic mass is 16.5. The van der Waals surface area contributed by atoms with Gasteiger partial charge in [-0.05, 0) is 67.9 Å². The maximum absolute atomic E-state index is 13.2. The minimum Gasteiger partial charge on any atom is -0.497 e. The molecule has 34 heavy (non-hydrogen) atoms. The summed E-state index contributed by atoms with van der Waals surface area (Å²) in [7, 11) is 1.48. The summed E-state index contributed by atoms with van der Waals surface area (Å²) < 4.78 is 16.6. The second-order valence-electron chi connectivity index (χ2n) is 8.04. The highest BCUT2D eigenvalue weighted by Gasteiger charge is 2.31. The number of methoxy groups -OCH3 is 1. The van der Waals surface area contributed by atoms with Gasteiger partial charge in [0.15, 0.2) is 11.4 Å². The molecule has 3 aromatic carbocycles. The number of benzene rings is 3. The number of rotatable bonds is 10. The number of hydrogen-bond acceptors (Lipinski definition) is 6. The standard InChI is InChI=1S/C27H25NO6/c1-27(2,26(30)31)34-24-16-22(32-3)12-13-23(24)25(29)20-8-10-21(11-9-20)33-15-14-18-4-6-19(17-28)7-5-18/h4-13,16H,14-15H2,1-3H3,(H,30,31). The van der Waals surface area contributed by atoms with Crippen LogP contribution in [0.2, 0.25) is 0 Å². The second kappa shape index (κ2) is 10.5. The highest BCUT2D eigenvalue weighted by Crippen LogP contribution is 2.30. The molecule has 0 aliphatic heterocycles. The van der Waals surface area contributed by atoms with Gasteiger partial charge in [-0.3, -0.25) is 4.79 Å². The third-order valence-electron chi connectivity index (χ3n) is 5.17. The molecule has 0 aliphatic rings. The van der Waals surface area contributed by atoms with E-state index in [2.05, 4.69) is 6.07 Å². The zero-order valence-corrected chi connectivity index (χ0v) is 19.2. The van der Waals surface area contributed by atoms with Gasteiger partial charge in [0.05, 0.1) is 30.9 Å². The molecule has 0 spiro atoms. The van der Waals surface area contributed by atoms with Gasteiger partial charge in [-0.25, -0.2) is 4.79 Å². The first kappa shape index (κ1) is 24.3. The number of ether oxygens (including phenoxy) is 3. The minimum absolute atomic E-state index is 0.125. The summed E-state index contributed by atoms with van der Waals surface area (Å²) in [5, 5.41) is 18.3. The number of nitriles is 1. The third kappa shape index (κ3) is 5.93. The van der Waals surface area contributed by atoms with E-state index < -0.39 is 11.6 Å². The van der Waals surface area contributed by atoms with Crippen molar-refractivity contribution >= 4 is 11.8 Å².